The molecule has 5 nitrogen and oxygen atoms in total. The molecular weight excluding hydrogens is 338 g/mol. The Morgan fingerprint density at radius 2 is 1.76 bits per heavy atom. The van der Waals surface area contributed by atoms with Crippen molar-refractivity contribution in [1.29, 1.82) is 0 Å². The van der Waals surface area contributed by atoms with E-state index in [0.29, 0.717) is 25.5 Å². The van der Waals surface area contributed by atoms with Crippen molar-refractivity contribution < 1.29 is 17.9 Å². The molecule has 132 valence electrons. The van der Waals surface area contributed by atoms with E-state index in [0.717, 1.165) is 29.7 Å². The molecule has 2 heterocycles. The molecule has 0 aliphatic carbocycles. The first-order chi connectivity index (χ1) is 12.1. The molecule has 0 unspecified atom stereocenters. The highest BCUT2D eigenvalue weighted by Gasteiger charge is 2.35. The van der Waals surface area contributed by atoms with Crippen LogP contribution in [0.4, 0.5) is 0 Å². The van der Waals surface area contributed by atoms with Gasteiger partial charge in [-0.25, -0.2) is 8.42 Å². The smallest absolute Gasteiger partial charge is 0.218 e. The summed E-state index contributed by atoms with van der Waals surface area (Å²) in [6, 6.07) is 15.0. The van der Waals surface area contributed by atoms with Crippen LogP contribution in [0.25, 0.3) is 0 Å². The summed E-state index contributed by atoms with van der Waals surface area (Å²) in [6.07, 6.45) is 1.70. The molecule has 1 atom stereocenters. The fourth-order valence-electron chi connectivity index (χ4n) is 3.54. The highest BCUT2D eigenvalue weighted by Crippen LogP contribution is 2.39. The van der Waals surface area contributed by atoms with E-state index in [4.69, 9.17) is 9.47 Å². The third-order valence-electron chi connectivity index (χ3n) is 4.70. The topological polar surface area (TPSA) is 55.8 Å². The summed E-state index contributed by atoms with van der Waals surface area (Å²) in [6.45, 7) is 1.64. The van der Waals surface area contributed by atoms with Crippen molar-refractivity contribution in [3.05, 3.63) is 59.7 Å². The number of nitrogens with zero attached hydrogens (tertiary/aromatic N) is 1. The molecule has 0 aromatic heterocycles. The van der Waals surface area contributed by atoms with Crippen LogP contribution in [0, 0.1) is 0 Å². The summed E-state index contributed by atoms with van der Waals surface area (Å²) < 4.78 is 38.7. The molecule has 0 bridgehead atoms. The largest absolute Gasteiger partial charge is 0.486 e. The van der Waals surface area contributed by atoms with Crippen molar-refractivity contribution in [2.24, 2.45) is 0 Å². The molecule has 2 aromatic rings. The van der Waals surface area contributed by atoms with Crippen LogP contribution in [0.2, 0.25) is 0 Å². The third kappa shape index (κ3) is 3.37. The molecule has 0 radical (unpaired) electrons. The number of rotatable bonds is 4. The Labute approximate surface area is 148 Å². The van der Waals surface area contributed by atoms with E-state index in [-0.39, 0.29) is 11.8 Å². The maximum atomic E-state index is 12.9. The van der Waals surface area contributed by atoms with E-state index in [1.165, 1.54) is 0 Å². The second-order valence-electron chi connectivity index (χ2n) is 6.41. The second-order valence-corrected chi connectivity index (χ2v) is 8.34. The van der Waals surface area contributed by atoms with E-state index >= 15 is 0 Å². The average Bonchev–Trinajstić information content (AvgIpc) is 3.13. The highest BCUT2D eigenvalue weighted by atomic mass is 32.2. The number of fused-ring (bicyclic) bond motifs is 1. The van der Waals surface area contributed by atoms with Gasteiger partial charge in [-0.05, 0) is 36.1 Å². The monoisotopic (exact) mass is 359 g/mol. The Hall–Kier alpha value is -2.05. The lowest BCUT2D eigenvalue weighted by Gasteiger charge is -2.26. The van der Waals surface area contributed by atoms with Crippen LogP contribution in [-0.2, 0) is 15.8 Å². The Morgan fingerprint density at radius 3 is 2.56 bits per heavy atom. The summed E-state index contributed by atoms with van der Waals surface area (Å²) in [5.74, 6) is 1.47. The average molecular weight is 359 g/mol. The molecule has 0 N–H and O–H groups in total. The van der Waals surface area contributed by atoms with Gasteiger partial charge in [-0.2, -0.15) is 4.31 Å². The Morgan fingerprint density at radius 1 is 1.00 bits per heavy atom. The van der Waals surface area contributed by atoms with Crippen LogP contribution in [0.1, 0.15) is 30.0 Å². The number of ether oxygens (including phenoxy) is 2. The molecule has 6 heteroatoms. The first kappa shape index (κ1) is 16.4. The first-order valence-electron chi connectivity index (χ1n) is 8.56. The summed E-state index contributed by atoms with van der Waals surface area (Å²) in [7, 11) is -3.37. The predicted octanol–water partition coefficient (Wildman–Crippen LogP) is 3.12. The number of benzene rings is 2. The van der Waals surface area contributed by atoms with Gasteiger partial charge in [0, 0.05) is 12.6 Å². The first-order valence-corrected chi connectivity index (χ1v) is 10.2. The van der Waals surface area contributed by atoms with Gasteiger partial charge < -0.3 is 9.47 Å². The number of hydrogen-bond donors (Lipinski definition) is 0. The van der Waals surface area contributed by atoms with E-state index < -0.39 is 10.0 Å². The summed E-state index contributed by atoms with van der Waals surface area (Å²) in [4.78, 5) is 0. The van der Waals surface area contributed by atoms with Crippen LogP contribution in [0.5, 0.6) is 11.5 Å². The van der Waals surface area contributed by atoms with Crippen molar-refractivity contribution in [3.8, 4) is 11.5 Å². The fourth-order valence-corrected chi connectivity index (χ4v) is 5.34. The van der Waals surface area contributed by atoms with E-state index in [9.17, 15) is 8.42 Å². The molecular formula is C19H21NO4S. The van der Waals surface area contributed by atoms with E-state index in [1.807, 2.05) is 48.5 Å². The van der Waals surface area contributed by atoms with Crippen molar-refractivity contribution >= 4 is 10.0 Å². The summed E-state index contributed by atoms with van der Waals surface area (Å²) in [5, 5.41) is 0. The lowest BCUT2D eigenvalue weighted by atomic mass is 10.0. The van der Waals surface area contributed by atoms with Gasteiger partial charge in [0.25, 0.3) is 0 Å². The Kier molecular flexibility index (Phi) is 4.39. The van der Waals surface area contributed by atoms with Gasteiger partial charge in [0.2, 0.25) is 10.0 Å². The van der Waals surface area contributed by atoms with Gasteiger partial charge in [0.1, 0.15) is 13.2 Å². The minimum absolute atomic E-state index is 0.0366. The zero-order valence-corrected chi connectivity index (χ0v) is 14.7. The maximum Gasteiger partial charge on any atom is 0.218 e. The lowest BCUT2D eigenvalue weighted by Crippen LogP contribution is -2.31. The van der Waals surface area contributed by atoms with Gasteiger partial charge >= 0.3 is 0 Å². The van der Waals surface area contributed by atoms with Crippen LogP contribution in [-0.4, -0.2) is 32.5 Å². The Balaban J connectivity index is 1.60. The standard InChI is InChI=1S/C19H21NO4S/c21-25(22,14-15-5-2-1-3-6-15)20-10-4-7-17(20)16-8-9-18-19(13-16)24-12-11-23-18/h1-3,5-6,8-9,13,17H,4,7,10-12,14H2/t17-/m0/s1. The van der Waals surface area contributed by atoms with Gasteiger partial charge in [0.05, 0.1) is 5.75 Å². The minimum atomic E-state index is -3.37. The number of hydrogen-bond acceptors (Lipinski definition) is 4. The number of sulfonamides is 1. The molecule has 0 amide bonds. The summed E-state index contributed by atoms with van der Waals surface area (Å²) >= 11 is 0. The molecule has 0 spiro atoms. The van der Waals surface area contributed by atoms with Crippen molar-refractivity contribution in [2.75, 3.05) is 19.8 Å². The lowest BCUT2D eigenvalue weighted by molar-refractivity contribution is 0.171. The maximum absolute atomic E-state index is 12.9. The van der Waals surface area contributed by atoms with Crippen LogP contribution in [0.3, 0.4) is 0 Å². The normalized spacial score (nSPS) is 20.6. The van der Waals surface area contributed by atoms with E-state index in [1.54, 1.807) is 4.31 Å². The molecule has 0 saturated carbocycles. The van der Waals surface area contributed by atoms with Crippen molar-refractivity contribution in [3.63, 3.8) is 0 Å². The second kappa shape index (κ2) is 6.69. The SMILES string of the molecule is O=S(=O)(Cc1ccccc1)N1CCC[C@H]1c1ccc2c(c1)OCCO2. The summed E-state index contributed by atoms with van der Waals surface area (Å²) in [5.41, 5.74) is 1.79. The van der Waals surface area contributed by atoms with Gasteiger partial charge in [0.15, 0.2) is 11.5 Å². The molecule has 1 saturated heterocycles. The predicted molar refractivity (Wildman–Crippen MR) is 95.2 cm³/mol. The van der Waals surface area contributed by atoms with Crippen LogP contribution >= 0.6 is 0 Å². The quantitative estimate of drug-likeness (QED) is 0.842. The zero-order valence-electron chi connectivity index (χ0n) is 13.9. The van der Waals surface area contributed by atoms with Gasteiger partial charge in [-0.15, -0.1) is 0 Å². The molecule has 4 rings (SSSR count). The molecule has 1 fully saturated rings. The minimum Gasteiger partial charge on any atom is -0.486 e. The molecule has 2 aliphatic heterocycles. The zero-order chi connectivity index (χ0) is 17.3. The van der Waals surface area contributed by atoms with Gasteiger partial charge in [-0.3, -0.25) is 0 Å². The molecule has 25 heavy (non-hydrogen) atoms. The van der Waals surface area contributed by atoms with Crippen LogP contribution < -0.4 is 9.47 Å². The third-order valence-corrected chi connectivity index (χ3v) is 6.55. The highest BCUT2D eigenvalue weighted by molar-refractivity contribution is 7.88. The van der Waals surface area contributed by atoms with Crippen LogP contribution in [0.15, 0.2) is 48.5 Å². The fraction of sp³-hybridized carbons (Fsp3) is 0.368. The Bertz CT molecular complexity index is 851. The van der Waals surface area contributed by atoms with Crippen molar-refractivity contribution in [2.45, 2.75) is 24.6 Å². The van der Waals surface area contributed by atoms with Crippen molar-refractivity contribution in [1.82, 2.24) is 4.31 Å². The molecule has 2 aliphatic rings. The van der Waals surface area contributed by atoms with E-state index in [2.05, 4.69) is 0 Å². The molecule has 2 aromatic carbocycles. The van der Waals surface area contributed by atoms with Gasteiger partial charge in [-0.1, -0.05) is 36.4 Å².